The van der Waals surface area contributed by atoms with Crippen molar-refractivity contribution in [2.45, 2.75) is 75.5 Å². The molecule has 0 aromatic heterocycles. The van der Waals surface area contributed by atoms with Gasteiger partial charge in [-0.3, -0.25) is 14.3 Å². The normalized spacial score (nSPS) is 18.5. The van der Waals surface area contributed by atoms with Crippen LogP contribution in [-0.2, 0) is 20.3 Å². The first kappa shape index (κ1) is 30.6. The summed E-state index contributed by atoms with van der Waals surface area (Å²) in [6.45, 7) is 4.90. The van der Waals surface area contributed by atoms with Crippen LogP contribution in [0, 0.1) is 0 Å². The highest BCUT2D eigenvalue weighted by atomic mass is 35.5. The average molecular weight is 573 g/mol. The third-order valence-electron chi connectivity index (χ3n) is 7.04. The second-order valence-corrected chi connectivity index (χ2v) is 11.8. The van der Waals surface area contributed by atoms with E-state index in [0.717, 1.165) is 54.7 Å². The first-order chi connectivity index (χ1) is 18.6. The van der Waals surface area contributed by atoms with E-state index in [1.807, 2.05) is 48.6 Å². The van der Waals surface area contributed by atoms with Gasteiger partial charge in [0.2, 0.25) is 0 Å². The minimum absolute atomic E-state index is 0.112. The molecule has 0 fully saturated rings. The van der Waals surface area contributed by atoms with E-state index in [2.05, 4.69) is 23.7 Å². The number of aliphatic carboxylic acids is 1. The lowest BCUT2D eigenvalue weighted by Gasteiger charge is -2.30. The molecule has 210 valence electrons. The number of carboxylic acids is 1. The van der Waals surface area contributed by atoms with Gasteiger partial charge in [-0.05, 0) is 68.2 Å². The lowest BCUT2D eigenvalue weighted by molar-refractivity contribution is -0.137. The molecule has 2 aromatic carbocycles. The molecule has 1 unspecified atom stereocenters. The fourth-order valence-electron chi connectivity index (χ4n) is 5.03. The van der Waals surface area contributed by atoms with Crippen molar-refractivity contribution < 1.29 is 22.9 Å². The van der Waals surface area contributed by atoms with Gasteiger partial charge in [0.05, 0.1) is 21.3 Å². The zero-order valence-corrected chi connectivity index (χ0v) is 24.1. The zero-order chi connectivity index (χ0) is 28.5. The number of rotatable bonds is 14. The first-order valence-electron chi connectivity index (χ1n) is 13.4. The summed E-state index contributed by atoms with van der Waals surface area (Å²) in [5, 5.41) is 9.28. The Bertz CT molecular complexity index is 1340. The fourth-order valence-corrected chi connectivity index (χ4v) is 5.95. The van der Waals surface area contributed by atoms with E-state index in [0.29, 0.717) is 19.4 Å². The second kappa shape index (κ2) is 13.9. The summed E-state index contributed by atoms with van der Waals surface area (Å²) < 4.78 is 34.0. The van der Waals surface area contributed by atoms with E-state index in [1.165, 1.54) is 12.1 Å². The van der Waals surface area contributed by atoms with Crippen LogP contribution in [0.4, 0.5) is 11.4 Å². The number of nitrogens with zero attached hydrogens (tertiary/aromatic N) is 2. The third kappa shape index (κ3) is 8.03. The first-order valence-corrected chi connectivity index (χ1v) is 15.2. The van der Waals surface area contributed by atoms with Crippen LogP contribution < -0.4 is 4.90 Å². The van der Waals surface area contributed by atoms with Crippen LogP contribution in [0.3, 0.4) is 0 Å². The number of aliphatic imine (C=N–C) groups is 1. The smallest absolute Gasteiger partial charge is 0.303 e. The molecule has 0 saturated heterocycles. The van der Waals surface area contributed by atoms with Crippen molar-refractivity contribution in [3.8, 4) is 0 Å². The number of halogens is 1. The molecule has 2 N–H and O–H groups in total. The minimum atomic E-state index is -4.46. The molecular formula is C30H37ClN2O5S. The van der Waals surface area contributed by atoms with E-state index < -0.39 is 21.5 Å². The van der Waals surface area contributed by atoms with E-state index in [4.69, 9.17) is 16.7 Å². The Morgan fingerprint density at radius 1 is 1.08 bits per heavy atom. The van der Waals surface area contributed by atoms with Gasteiger partial charge in [0.15, 0.2) is 0 Å². The van der Waals surface area contributed by atoms with Crippen molar-refractivity contribution in [1.29, 1.82) is 0 Å². The molecule has 39 heavy (non-hydrogen) atoms. The maximum Gasteiger partial charge on any atom is 0.303 e. The van der Waals surface area contributed by atoms with Gasteiger partial charge < -0.3 is 10.0 Å². The van der Waals surface area contributed by atoms with Gasteiger partial charge in [0, 0.05) is 30.3 Å². The molecule has 7 nitrogen and oxygen atoms in total. The third-order valence-corrected chi connectivity index (χ3v) is 8.16. The van der Waals surface area contributed by atoms with E-state index in [1.54, 1.807) is 6.21 Å². The molecule has 3 rings (SSSR count). The van der Waals surface area contributed by atoms with Crippen molar-refractivity contribution in [3.05, 3.63) is 77.0 Å². The summed E-state index contributed by atoms with van der Waals surface area (Å²) in [6.07, 6.45) is 13.3. The highest BCUT2D eigenvalue weighted by Crippen LogP contribution is 2.54. The van der Waals surface area contributed by atoms with Crippen LogP contribution in [0.1, 0.15) is 70.8 Å². The van der Waals surface area contributed by atoms with Crippen molar-refractivity contribution in [2.24, 2.45) is 4.99 Å². The number of benzene rings is 2. The summed E-state index contributed by atoms with van der Waals surface area (Å²) >= 11 is 6.70. The molecule has 0 radical (unpaired) electrons. The number of allylic oxidation sites excluding steroid dienone is 4. The monoisotopic (exact) mass is 572 g/mol. The van der Waals surface area contributed by atoms with Crippen LogP contribution in [0.2, 0.25) is 5.02 Å². The summed E-state index contributed by atoms with van der Waals surface area (Å²) in [6, 6.07) is 12.5. The lowest BCUT2D eigenvalue weighted by atomic mass is 9.77. The number of para-hydroxylation sites is 1. The van der Waals surface area contributed by atoms with Gasteiger partial charge >= 0.3 is 5.97 Å². The van der Waals surface area contributed by atoms with Gasteiger partial charge in [-0.15, -0.1) is 0 Å². The van der Waals surface area contributed by atoms with Crippen LogP contribution in [-0.4, -0.2) is 36.8 Å². The predicted molar refractivity (Wildman–Crippen MR) is 158 cm³/mol. The maximum absolute atomic E-state index is 12.1. The molecule has 1 heterocycles. The molecule has 2 aromatic rings. The minimum Gasteiger partial charge on any atom is -0.481 e. The summed E-state index contributed by atoms with van der Waals surface area (Å²) in [5.41, 5.74) is 2.72. The molecule has 0 aliphatic carbocycles. The molecule has 0 saturated carbocycles. The Morgan fingerprint density at radius 2 is 1.82 bits per heavy atom. The second-order valence-electron chi connectivity index (χ2n) is 9.97. The van der Waals surface area contributed by atoms with Crippen LogP contribution in [0.25, 0.3) is 0 Å². The van der Waals surface area contributed by atoms with Gasteiger partial charge in [0.25, 0.3) is 10.1 Å². The predicted octanol–water partition coefficient (Wildman–Crippen LogP) is 7.73. The molecule has 0 amide bonds. The number of carbonyl (C=O) groups is 1. The molecule has 1 aliphatic heterocycles. The Labute approximate surface area is 236 Å². The molecule has 1 atom stereocenters. The molecular weight excluding hydrogens is 536 g/mol. The zero-order valence-electron chi connectivity index (χ0n) is 22.5. The Hall–Kier alpha value is -2.94. The van der Waals surface area contributed by atoms with Gasteiger partial charge in [-0.1, -0.05) is 68.5 Å². The molecule has 0 bridgehead atoms. The van der Waals surface area contributed by atoms with Gasteiger partial charge in [-0.2, -0.15) is 8.42 Å². The molecule has 0 spiro atoms. The van der Waals surface area contributed by atoms with Crippen LogP contribution in [0.5, 0.6) is 0 Å². The van der Waals surface area contributed by atoms with Gasteiger partial charge in [0.1, 0.15) is 0 Å². The Balaban J connectivity index is 2.03. The van der Waals surface area contributed by atoms with Crippen molar-refractivity contribution >= 4 is 45.3 Å². The number of unbranched alkanes of at least 4 members (excludes halogenated alkanes) is 4. The number of hydrogen-bond acceptors (Lipinski definition) is 5. The average Bonchev–Trinajstić information content (AvgIpc) is 3.11. The van der Waals surface area contributed by atoms with Crippen molar-refractivity contribution in [1.82, 2.24) is 0 Å². The topological polar surface area (TPSA) is 107 Å². The number of carboxylic acid groups (broad SMARTS) is 1. The van der Waals surface area contributed by atoms with E-state index in [-0.39, 0.29) is 16.3 Å². The van der Waals surface area contributed by atoms with Crippen molar-refractivity contribution in [2.75, 3.05) is 11.4 Å². The quantitative estimate of drug-likeness (QED) is 0.136. The number of fused-ring (bicyclic) bond motifs is 1. The molecule has 9 heteroatoms. The highest BCUT2D eigenvalue weighted by molar-refractivity contribution is 7.85. The van der Waals surface area contributed by atoms with Gasteiger partial charge in [-0.25, -0.2) is 0 Å². The van der Waals surface area contributed by atoms with E-state index >= 15 is 0 Å². The number of hydrogen-bond donors (Lipinski definition) is 2. The standard InChI is InChI=1S/C30H37ClN2O5S/c1-3-4-13-20-33-27(16-10-12-19-32-23-14-7-5-8-15-23)30(2,18-11-6-9-17-28(34)35)25-21-24(39(36,37)38)22-26(31)29(25)33/h5,7-8,10,12,14-16,19,21-22H,3-4,6,9,11,13,17-18,20H2,1-2H3,(H,34,35)(H,36,37,38)/b12-10+,27-16+,32-19+. The van der Waals surface area contributed by atoms with E-state index in [9.17, 15) is 17.8 Å². The Kier molecular flexibility index (Phi) is 10.9. The fraction of sp³-hybridized carbons (Fsp3) is 0.400. The highest BCUT2D eigenvalue weighted by Gasteiger charge is 2.44. The largest absolute Gasteiger partial charge is 0.481 e. The van der Waals surface area contributed by atoms with Crippen molar-refractivity contribution in [3.63, 3.8) is 0 Å². The summed E-state index contributed by atoms with van der Waals surface area (Å²) in [5.74, 6) is -0.818. The summed E-state index contributed by atoms with van der Waals surface area (Å²) in [4.78, 5) is 17.3. The SMILES string of the molecule is CCCCCN1/C(=C/C=C/C=N/c2ccccc2)C(C)(CCCCCC(=O)O)c2cc(S(=O)(=O)O)cc(Cl)c21. The Morgan fingerprint density at radius 3 is 2.49 bits per heavy atom. The lowest BCUT2D eigenvalue weighted by Crippen LogP contribution is -2.29. The molecule has 1 aliphatic rings. The summed E-state index contributed by atoms with van der Waals surface area (Å²) in [7, 11) is -4.46. The van der Waals surface area contributed by atoms with Crippen LogP contribution >= 0.6 is 11.6 Å². The van der Waals surface area contributed by atoms with Crippen LogP contribution in [0.15, 0.2) is 76.3 Å². The number of anilines is 1. The maximum atomic E-state index is 12.1.